The van der Waals surface area contributed by atoms with E-state index < -0.39 is 0 Å². The van der Waals surface area contributed by atoms with E-state index in [0.29, 0.717) is 33.7 Å². The molecule has 2 rings (SSSR count). The van der Waals surface area contributed by atoms with Crippen LogP contribution in [-0.2, 0) is 6.54 Å². The number of nitrogens with one attached hydrogen (secondary N) is 1. The quantitative estimate of drug-likeness (QED) is 0.888. The second-order valence-electron chi connectivity index (χ2n) is 3.96. The zero-order valence-electron chi connectivity index (χ0n) is 10.2. The number of ether oxygens (including phenoxy) is 1. The van der Waals surface area contributed by atoms with Crippen molar-refractivity contribution in [2.75, 3.05) is 7.05 Å². The molecule has 0 spiro atoms. The number of rotatable bonds is 4. The summed E-state index contributed by atoms with van der Waals surface area (Å²) >= 11 is 11.9. The van der Waals surface area contributed by atoms with E-state index in [1.165, 1.54) is 12.1 Å². The van der Waals surface area contributed by atoms with Gasteiger partial charge in [0, 0.05) is 17.1 Å². The van der Waals surface area contributed by atoms with Crippen LogP contribution in [0.5, 0.6) is 11.5 Å². The van der Waals surface area contributed by atoms with Crippen LogP contribution in [0.3, 0.4) is 0 Å². The van der Waals surface area contributed by atoms with Crippen LogP contribution >= 0.6 is 23.2 Å². The number of benzene rings is 2. The molecule has 0 aromatic heterocycles. The van der Waals surface area contributed by atoms with Crippen LogP contribution in [0.1, 0.15) is 5.56 Å². The third kappa shape index (κ3) is 3.60. The fourth-order valence-corrected chi connectivity index (χ4v) is 2.10. The van der Waals surface area contributed by atoms with Crippen molar-refractivity contribution < 1.29 is 9.13 Å². The Kier molecular flexibility index (Phi) is 4.64. The normalized spacial score (nSPS) is 10.5. The van der Waals surface area contributed by atoms with Crippen LogP contribution in [0.2, 0.25) is 10.0 Å². The molecule has 0 aliphatic heterocycles. The molecule has 100 valence electrons. The van der Waals surface area contributed by atoms with Gasteiger partial charge in [0.15, 0.2) is 0 Å². The van der Waals surface area contributed by atoms with Gasteiger partial charge < -0.3 is 10.1 Å². The first kappa shape index (κ1) is 14.1. The van der Waals surface area contributed by atoms with Gasteiger partial charge in [-0.1, -0.05) is 23.2 Å². The lowest BCUT2D eigenvalue weighted by molar-refractivity contribution is 0.472. The second-order valence-corrected chi connectivity index (χ2v) is 4.80. The molecule has 1 N–H and O–H groups in total. The van der Waals surface area contributed by atoms with Crippen molar-refractivity contribution in [2.24, 2.45) is 0 Å². The molecule has 19 heavy (non-hydrogen) atoms. The van der Waals surface area contributed by atoms with Crippen LogP contribution < -0.4 is 10.1 Å². The summed E-state index contributed by atoms with van der Waals surface area (Å²) in [7, 11) is 1.78. The van der Waals surface area contributed by atoms with Gasteiger partial charge in [0.1, 0.15) is 17.3 Å². The Morgan fingerprint density at radius 2 is 1.84 bits per heavy atom. The van der Waals surface area contributed by atoms with Crippen molar-refractivity contribution in [3.8, 4) is 11.5 Å². The summed E-state index contributed by atoms with van der Waals surface area (Å²) in [6.07, 6.45) is 0. The maximum absolute atomic E-state index is 13.2. The van der Waals surface area contributed by atoms with Crippen LogP contribution in [0.4, 0.5) is 4.39 Å². The van der Waals surface area contributed by atoms with Crippen molar-refractivity contribution >= 4 is 23.2 Å². The molecule has 0 atom stereocenters. The Bertz CT molecular complexity index is 590. The molecule has 0 unspecified atom stereocenters. The number of hydrogen-bond acceptors (Lipinski definition) is 2. The summed E-state index contributed by atoms with van der Waals surface area (Å²) < 4.78 is 18.9. The molecule has 2 nitrogen and oxygen atoms in total. The van der Waals surface area contributed by atoms with Crippen molar-refractivity contribution in [1.82, 2.24) is 5.32 Å². The third-order valence-corrected chi connectivity index (χ3v) is 3.03. The lowest BCUT2D eigenvalue weighted by Gasteiger charge is -2.12. The minimum absolute atomic E-state index is 0.306. The zero-order valence-corrected chi connectivity index (χ0v) is 11.7. The third-order valence-electron chi connectivity index (χ3n) is 2.50. The number of halogens is 3. The van der Waals surface area contributed by atoms with Gasteiger partial charge >= 0.3 is 0 Å². The highest BCUT2D eigenvalue weighted by Gasteiger charge is 2.09. The molecule has 0 saturated heterocycles. The van der Waals surface area contributed by atoms with E-state index in [0.717, 1.165) is 0 Å². The molecule has 0 heterocycles. The Hall–Kier alpha value is -1.29. The van der Waals surface area contributed by atoms with Gasteiger partial charge in [0.05, 0.1) is 5.02 Å². The van der Waals surface area contributed by atoms with Crippen LogP contribution in [0.25, 0.3) is 0 Å². The van der Waals surface area contributed by atoms with Gasteiger partial charge in [-0.25, -0.2) is 4.39 Å². The van der Waals surface area contributed by atoms with Gasteiger partial charge in [-0.05, 0) is 43.4 Å². The minimum Gasteiger partial charge on any atom is -0.455 e. The standard InChI is InChI=1S/C14H12Cl2FNO/c1-18-8-9-6-11(17)3-5-13(9)19-14-4-2-10(15)7-12(14)16/h2-7,18H,8H2,1H3. The lowest BCUT2D eigenvalue weighted by Crippen LogP contribution is -2.06. The number of hydrogen-bond donors (Lipinski definition) is 1. The first-order valence-corrected chi connectivity index (χ1v) is 6.41. The zero-order chi connectivity index (χ0) is 13.8. The highest BCUT2D eigenvalue weighted by molar-refractivity contribution is 6.35. The van der Waals surface area contributed by atoms with E-state index in [1.54, 1.807) is 31.3 Å². The maximum atomic E-state index is 13.2. The SMILES string of the molecule is CNCc1cc(F)ccc1Oc1ccc(Cl)cc1Cl. The molecule has 0 bridgehead atoms. The Balaban J connectivity index is 2.32. The largest absolute Gasteiger partial charge is 0.455 e. The van der Waals surface area contributed by atoms with E-state index in [1.807, 2.05) is 0 Å². The molecule has 0 radical (unpaired) electrons. The van der Waals surface area contributed by atoms with E-state index >= 15 is 0 Å². The smallest absolute Gasteiger partial charge is 0.146 e. The van der Waals surface area contributed by atoms with Crippen LogP contribution in [0, 0.1) is 5.82 Å². The van der Waals surface area contributed by atoms with Crippen molar-refractivity contribution in [3.05, 3.63) is 57.8 Å². The predicted octanol–water partition coefficient (Wildman–Crippen LogP) is 4.64. The van der Waals surface area contributed by atoms with Gasteiger partial charge in [-0.15, -0.1) is 0 Å². The van der Waals surface area contributed by atoms with Gasteiger partial charge in [-0.2, -0.15) is 0 Å². The Morgan fingerprint density at radius 3 is 2.53 bits per heavy atom. The first-order chi connectivity index (χ1) is 9.10. The molecular weight excluding hydrogens is 288 g/mol. The molecule has 2 aromatic carbocycles. The fraction of sp³-hybridized carbons (Fsp3) is 0.143. The van der Waals surface area contributed by atoms with Crippen LogP contribution in [-0.4, -0.2) is 7.05 Å². The molecule has 5 heteroatoms. The summed E-state index contributed by atoms with van der Waals surface area (Å²) in [6.45, 7) is 0.498. The highest BCUT2D eigenvalue weighted by Crippen LogP contribution is 2.33. The summed E-state index contributed by atoms with van der Waals surface area (Å²) in [4.78, 5) is 0. The molecule has 2 aromatic rings. The summed E-state index contributed by atoms with van der Waals surface area (Å²) in [5.74, 6) is 0.731. The highest BCUT2D eigenvalue weighted by atomic mass is 35.5. The predicted molar refractivity (Wildman–Crippen MR) is 75.7 cm³/mol. The van der Waals surface area contributed by atoms with Crippen molar-refractivity contribution in [2.45, 2.75) is 6.54 Å². The molecule has 0 aliphatic carbocycles. The van der Waals surface area contributed by atoms with Gasteiger partial charge in [0.2, 0.25) is 0 Å². The van der Waals surface area contributed by atoms with E-state index in [4.69, 9.17) is 27.9 Å². The second kappa shape index (κ2) is 6.24. The van der Waals surface area contributed by atoms with Gasteiger partial charge in [0.25, 0.3) is 0 Å². The maximum Gasteiger partial charge on any atom is 0.146 e. The monoisotopic (exact) mass is 299 g/mol. The molecule has 0 fully saturated rings. The summed E-state index contributed by atoms with van der Waals surface area (Å²) in [5.41, 5.74) is 0.716. The van der Waals surface area contributed by atoms with Crippen molar-refractivity contribution in [3.63, 3.8) is 0 Å². The minimum atomic E-state index is -0.306. The summed E-state index contributed by atoms with van der Waals surface area (Å²) in [6, 6.07) is 9.31. The van der Waals surface area contributed by atoms with Gasteiger partial charge in [-0.3, -0.25) is 0 Å². The summed E-state index contributed by atoms with van der Waals surface area (Å²) in [5, 5.41) is 3.90. The molecule has 0 saturated carbocycles. The van der Waals surface area contributed by atoms with Crippen LogP contribution in [0.15, 0.2) is 36.4 Å². The van der Waals surface area contributed by atoms with E-state index in [9.17, 15) is 4.39 Å². The van der Waals surface area contributed by atoms with Crippen molar-refractivity contribution in [1.29, 1.82) is 0 Å². The average Bonchev–Trinajstić information content (AvgIpc) is 2.36. The Labute approximate surface area is 121 Å². The molecular formula is C14H12Cl2FNO. The Morgan fingerprint density at radius 1 is 1.11 bits per heavy atom. The lowest BCUT2D eigenvalue weighted by atomic mass is 10.2. The molecule has 0 aliphatic rings. The average molecular weight is 300 g/mol. The fourth-order valence-electron chi connectivity index (χ4n) is 1.65. The van der Waals surface area contributed by atoms with E-state index in [-0.39, 0.29) is 5.82 Å². The van der Waals surface area contributed by atoms with E-state index in [2.05, 4.69) is 5.32 Å². The first-order valence-electron chi connectivity index (χ1n) is 5.66. The molecule has 0 amide bonds. The topological polar surface area (TPSA) is 21.3 Å².